The van der Waals surface area contributed by atoms with E-state index in [1.807, 2.05) is 29.4 Å². The van der Waals surface area contributed by atoms with E-state index < -0.39 is 6.17 Å². The van der Waals surface area contributed by atoms with Gasteiger partial charge in [0, 0.05) is 49.5 Å². The van der Waals surface area contributed by atoms with Gasteiger partial charge in [-0.05, 0) is 31.4 Å². The molecular formula is C21H23FN6S. The molecule has 0 amide bonds. The Kier molecular flexibility index (Phi) is 3.99. The minimum atomic E-state index is -0.743. The summed E-state index contributed by atoms with van der Waals surface area (Å²) in [6.07, 6.45) is 6.11. The van der Waals surface area contributed by atoms with Crippen molar-refractivity contribution in [3.8, 4) is 10.6 Å². The summed E-state index contributed by atoms with van der Waals surface area (Å²) in [7, 11) is 0. The highest BCUT2D eigenvalue weighted by Crippen LogP contribution is 2.39. The first-order valence-corrected chi connectivity index (χ1v) is 11.1. The lowest BCUT2D eigenvalue weighted by Gasteiger charge is -2.34. The highest BCUT2D eigenvalue weighted by molar-refractivity contribution is 7.21. The Balaban J connectivity index is 1.25. The topological polar surface area (TPSA) is 57.2 Å². The van der Waals surface area contributed by atoms with Crippen molar-refractivity contribution in [2.45, 2.75) is 31.0 Å². The van der Waals surface area contributed by atoms with Gasteiger partial charge in [0.05, 0.1) is 17.4 Å². The van der Waals surface area contributed by atoms with Gasteiger partial charge in [0.25, 0.3) is 0 Å². The van der Waals surface area contributed by atoms with E-state index in [0.29, 0.717) is 18.5 Å². The molecule has 2 saturated heterocycles. The van der Waals surface area contributed by atoms with E-state index >= 15 is 0 Å². The fourth-order valence-corrected chi connectivity index (χ4v) is 5.34. The number of piperazine rings is 1. The molecule has 1 unspecified atom stereocenters. The smallest absolute Gasteiger partial charge is 0.130 e. The van der Waals surface area contributed by atoms with Gasteiger partial charge in [0.2, 0.25) is 0 Å². The van der Waals surface area contributed by atoms with Crippen LogP contribution in [0.2, 0.25) is 0 Å². The van der Waals surface area contributed by atoms with Crippen molar-refractivity contribution < 1.29 is 4.39 Å². The van der Waals surface area contributed by atoms with E-state index in [1.54, 1.807) is 11.3 Å². The molecule has 1 aliphatic carbocycles. The quantitative estimate of drug-likeness (QED) is 0.715. The largest absolute Gasteiger partial charge is 0.354 e. The lowest BCUT2D eigenvalue weighted by atomic mass is 10.2. The molecule has 3 fully saturated rings. The van der Waals surface area contributed by atoms with Crippen LogP contribution in [-0.4, -0.2) is 59.4 Å². The molecule has 0 aromatic carbocycles. The Morgan fingerprint density at radius 2 is 2.00 bits per heavy atom. The number of anilines is 2. The second kappa shape index (κ2) is 6.60. The van der Waals surface area contributed by atoms with Gasteiger partial charge >= 0.3 is 0 Å². The third kappa shape index (κ3) is 3.24. The third-order valence-electron chi connectivity index (χ3n) is 6.26. The lowest BCUT2D eigenvalue weighted by Crippen LogP contribution is -2.52. The summed E-state index contributed by atoms with van der Waals surface area (Å²) in [6, 6.07) is 6.18. The molecule has 2 aliphatic heterocycles. The molecule has 0 bridgehead atoms. The van der Waals surface area contributed by atoms with E-state index in [9.17, 15) is 4.39 Å². The van der Waals surface area contributed by atoms with Crippen LogP contribution in [-0.2, 0) is 0 Å². The van der Waals surface area contributed by atoms with Crippen molar-refractivity contribution >= 4 is 33.2 Å². The normalized spacial score (nSPS) is 23.3. The molecule has 150 valence electrons. The Hall–Kier alpha value is -2.32. The number of nitrogens with zero attached hydrogens (tertiary/aromatic N) is 5. The molecule has 5 heterocycles. The first kappa shape index (κ1) is 17.5. The van der Waals surface area contributed by atoms with Crippen molar-refractivity contribution in [2.24, 2.45) is 0 Å². The number of hydrogen-bond donors (Lipinski definition) is 1. The molecule has 6 nitrogen and oxygen atoms in total. The number of alkyl halides is 1. The summed E-state index contributed by atoms with van der Waals surface area (Å²) in [5.41, 5.74) is 2.25. The number of nitrogens with one attached hydrogen (secondary N) is 1. The Morgan fingerprint density at radius 1 is 1.10 bits per heavy atom. The van der Waals surface area contributed by atoms with Gasteiger partial charge in [-0.3, -0.25) is 0 Å². The minimum absolute atomic E-state index is 0.332. The third-order valence-corrected chi connectivity index (χ3v) is 7.33. The summed E-state index contributed by atoms with van der Waals surface area (Å²) in [5, 5.41) is 4.59. The van der Waals surface area contributed by atoms with Gasteiger partial charge in [-0.25, -0.2) is 19.3 Å². The molecule has 8 heteroatoms. The highest BCUT2D eigenvalue weighted by atomic mass is 32.1. The fraction of sp³-hybridized carbons (Fsp3) is 0.476. The first-order valence-electron chi connectivity index (χ1n) is 10.3. The van der Waals surface area contributed by atoms with Crippen molar-refractivity contribution in [2.75, 3.05) is 42.5 Å². The van der Waals surface area contributed by atoms with Crippen LogP contribution in [0.25, 0.3) is 20.8 Å². The molecule has 6 rings (SSSR count). The molecule has 1 N–H and O–H groups in total. The zero-order valence-corrected chi connectivity index (χ0v) is 17.0. The summed E-state index contributed by atoms with van der Waals surface area (Å²) in [4.78, 5) is 18.4. The Morgan fingerprint density at radius 3 is 2.76 bits per heavy atom. The molecular weight excluding hydrogens is 387 g/mol. The fourth-order valence-electron chi connectivity index (χ4n) is 4.38. The summed E-state index contributed by atoms with van der Waals surface area (Å²) >= 11 is 1.68. The second-order valence-corrected chi connectivity index (χ2v) is 9.43. The van der Waals surface area contributed by atoms with Gasteiger partial charge in [-0.2, -0.15) is 0 Å². The number of thiazole rings is 1. The standard InChI is InChI=1S/C21H23FN6S/c22-15-3-7-27(12-15)18-2-1-14(10-23-18)20-26-16-11-24-19(9-17(16)29-20)28-8-6-25-21(13-28)4-5-21/h1-2,9-11,15,25H,3-8,12-13H2. The Bertz CT molecular complexity index is 1050. The van der Waals surface area contributed by atoms with E-state index in [4.69, 9.17) is 4.98 Å². The summed E-state index contributed by atoms with van der Waals surface area (Å²) in [6.45, 7) is 4.23. The molecule has 1 saturated carbocycles. The SMILES string of the molecule is FC1CCN(c2ccc(-c3nc4cnc(N5CCNC6(CC6)C5)cc4s3)cn2)C1. The maximum absolute atomic E-state index is 13.4. The van der Waals surface area contributed by atoms with Crippen LogP contribution in [0.1, 0.15) is 19.3 Å². The number of aromatic nitrogens is 3. The van der Waals surface area contributed by atoms with E-state index in [2.05, 4.69) is 26.3 Å². The van der Waals surface area contributed by atoms with Crippen LogP contribution >= 0.6 is 11.3 Å². The van der Waals surface area contributed by atoms with Gasteiger partial charge in [-0.15, -0.1) is 11.3 Å². The van der Waals surface area contributed by atoms with E-state index in [1.165, 1.54) is 12.8 Å². The number of hydrogen-bond acceptors (Lipinski definition) is 7. The molecule has 29 heavy (non-hydrogen) atoms. The van der Waals surface area contributed by atoms with Gasteiger partial charge in [0.1, 0.15) is 28.3 Å². The number of fused-ring (bicyclic) bond motifs is 1. The first-order chi connectivity index (χ1) is 14.2. The van der Waals surface area contributed by atoms with Crippen LogP contribution in [0.5, 0.6) is 0 Å². The average molecular weight is 411 g/mol. The molecule has 1 atom stereocenters. The Labute approximate surface area is 172 Å². The van der Waals surface area contributed by atoms with Crippen LogP contribution in [0.3, 0.4) is 0 Å². The predicted octanol–water partition coefficient (Wildman–Crippen LogP) is 3.24. The van der Waals surface area contributed by atoms with Crippen molar-refractivity contribution in [1.82, 2.24) is 20.3 Å². The number of rotatable bonds is 3. The van der Waals surface area contributed by atoms with Crippen molar-refractivity contribution in [3.63, 3.8) is 0 Å². The lowest BCUT2D eigenvalue weighted by molar-refractivity contribution is 0.364. The monoisotopic (exact) mass is 410 g/mol. The molecule has 0 radical (unpaired) electrons. The maximum atomic E-state index is 13.4. The number of halogens is 1. The summed E-state index contributed by atoms with van der Waals surface area (Å²) < 4.78 is 14.6. The van der Waals surface area contributed by atoms with Gasteiger partial charge in [-0.1, -0.05) is 0 Å². The average Bonchev–Trinajstić information content (AvgIpc) is 3.16. The zero-order valence-electron chi connectivity index (χ0n) is 16.1. The summed E-state index contributed by atoms with van der Waals surface area (Å²) in [5.74, 6) is 1.88. The molecule has 3 aliphatic rings. The second-order valence-electron chi connectivity index (χ2n) is 8.39. The van der Waals surface area contributed by atoms with Crippen molar-refractivity contribution in [1.29, 1.82) is 0 Å². The minimum Gasteiger partial charge on any atom is -0.354 e. The number of pyridine rings is 2. The van der Waals surface area contributed by atoms with E-state index in [-0.39, 0.29) is 0 Å². The van der Waals surface area contributed by atoms with Crippen LogP contribution < -0.4 is 15.1 Å². The van der Waals surface area contributed by atoms with Crippen LogP contribution in [0, 0.1) is 0 Å². The molecule has 3 aromatic heterocycles. The van der Waals surface area contributed by atoms with Crippen molar-refractivity contribution in [3.05, 3.63) is 30.6 Å². The van der Waals surface area contributed by atoms with Gasteiger partial charge < -0.3 is 15.1 Å². The van der Waals surface area contributed by atoms with Crippen LogP contribution in [0.15, 0.2) is 30.6 Å². The predicted molar refractivity (Wildman–Crippen MR) is 115 cm³/mol. The molecule has 1 spiro atoms. The van der Waals surface area contributed by atoms with Crippen LogP contribution in [0.4, 0.5) is 16.0 Å². The molecule has 3 aromatic rings. The van der Waals surface area contributed by atoms with E-state index in [0.717, 1.165) is 58.6 Å². The highest BCUT2D eigenvalue weighted by Gasteiger charge is 2.45. The van der Waals surface area contributed by atoms with Gasteiger partial charge in [0.15, 0.2) is 0 Å². The zero-order chi connectivity index (χ0) is 19.4. The maximum Gasteiger partial charge on any atom is 0.130 e.